The molecule has 0 saturated carbocycles. The van der Waals surface area contributed by atoms with Gasteiger partial charge in [-0.05, 0) is 19.1 Å². The number of thiazole rings is 1. The Morgan fingerprint density at radius 3 is 3.05 bits per heavy atom. The molecule has 0 spiro atoms. The standard InChI is InChI=1S/C16H16N4OS/c1-11-9-22-16(19-11)14-8-20(6-7-21-14)15-12-4-2-3-5-13(12)17-10-18-15/h2-5,9-10,14H,6-8H2,1H3/t14-/m1/s1. The molecular weight excluding hydrogens is 296 g/mol. The van der Waals surface area contributed by atoms with E-state index in [4.69, 9.17) is 4.74 Å². The molecule has 1 atom stereocenters. The number of para-hydroxylation sites is 1. The number of morpholine rings is 1. The van der Waals surface area contributed by atoms with Crippen molar-refractivity contribution in [1.82, 2.24) is 15.0 Å². The van der Waals surface area contributed by atoms with Crippen molar-refractivity contribution >= 4 is 28.1 Å². The molecule has 0 aliphatic carbocycles. The van der Waals surface area contributed by atoms with E-state index in [1.165, 1.54) is 0 Å². The summed E-state index contributed by atoms with van der Waals surface area (Å²) >= 11 is 1.66. The number of ether oxygens (including phenoxy) is 1. The highest BCUT2D eigenvalue weighted by Gasteiger charge is 2.26. The van der Waals surface area contributed by atoms with Crippen LogP contribution in [-0.2, 0) is 4.74 Å². The Labute approximate surface area is 132 Å². The first kappa shape index (κ1) is 13.6. The molecular formula is C16H16N4OS. The van der Waals surface area contributed by atoms with Crippen molar-refractivity contribution in [2.75, 3.05) is 24.6 Å². The molecule has 3 heterocycles. The number of aryl methyl sites for hydroxylation is 1. The highest BCUT2D eigenvalue weighted by atomic mass is 32.1. The molecule has 1 aromatic carbocycles. The van der Waals surface area contributed by atoms with Crippen LogP contribution >= 0.6 is 11.3 Å². The molecule has 3 aromatic rings. The van der Waals surface area contributed by atoms with Gasteiger partial charge in [0.25, 0.3) is 0 Å². The zero-order valence-corrected chi connectivity index (χ0v) is 13.1. The largest absolute Gasteiger partial charge is 0.367 e. The Morgan fingerprint density at radius 1 is 1.27 bits per heavy atom. The number of nitrogens with zero attached hydrogens (tertiary/aromatic N) is 4. The van der Waals surface area contributed by atoms with Gasteiger partial charge in [0.15, 0.2) is 0 Å². The average molecular weight is 312 g/mol. The zero-order chi connectivity index (χ0) is 14.9. The predicted octanol–water partition coefficient (Wildman–Crippen LogP) is 2.97. The van der Waals surface area contributed by atoms with Gasteiger partial charge >= 0.3 is 0 Å². The second-order valence-corrected chi connectivity index (χ2v) is 6.24. The maximum Gasteiger partial charge on any atom is 0.140 e. The van der Waals surface area contributed by atoms with Crippen molar-refractivity contribution in [3.05, 3.63) is 46.7 Å². The minimum atomic E-state index is 0.0150. The van der Waals surface area contributed by atoms with E-state index < -0.39 is 0 Å². The van der Waals surface area contributed by atoms with E-state index in [1.807, 2.05) is 25.1 Å². The number of anilines is 1. The van der Waals surface area contributed by atoms with Crippen molar-refractivity contribution in [3.63, 3.8) is 0 Å². The van der Waals surface area contributed by atoms with Crippen LogP contribution in [0.3, 0.4) is 0 Å². The lowest BCUT2D eigenvalue weighted by Crippen LogP contribution is -2.39. The fraction of sp³-hybridized carbons (Fsp3) is 0.312. The van der Waals surface area contributed by atoms with E-state index in [0.717, 1.165) is 40.5 Å². The van der Waals surface area contributed by atoms with Crippen molar-refractivity contribution in [1.29, 1.82) is 0 Å². The van der Waals surface area contributed by atoms with E-state index >= 15 is 0 Å². The summed E-state index contributed by atoms with van der Waals surface area (Å²) in [4.78, 5) is 15.7. The second kappa shape index (κ2) is 5.62. The number of hydrogen-bond acceptors (Lipinski definition) is 6. The Bertz CT molecular complexity index is 798. The maximum atomic E-state index is 5.90. The highest BCUT2D eigenvalue weighted by Crippen LogP contribution is 2.30. The fourth-order valence-corrected chi connectivity index (χ4v) is 3.59. The first-order chi connectivity index (χ1) is 10.8. The number of benzene rings is 1. The van der Waals surface area contributed by atoms with E-state index in [-0.39, 0.29) is 6.10 Å². The summed E-state index contributed by atoms with van der Waals surface area (Å²) < 4.78 is 5.90. The van der Waals surface area contributed by atoms with E-state index in [2.05, 4.69) is 31.3 Å². The molecule has 0 N–H and O–H groups in total. The van der Waals surface area contributed by atoms with Gasteiger partial charge in [-0.25, -0.2) is 15.0 Å². The first-order valence-corrected chi connectivity index (χ1v) is 8.17. The second-order valence-electron chi connectivity index (χ2n) is 5.35. The molecule has 4 rings (SSSR count). The molecule has 1 saturated heterocycles. The van der Waals surface area contributed by atoms with Gasteiger partial charge < -0.3 is 9.64 Å². The Hall–Kier alpha value is -2.05. The van der Waals surface area contributed by atoms with Crippen LogP contribution in [0.15, 0.2) is 36.0 Å². The van der Waals surface area contributed by atoms with Gasteiger partial charge in [-0.2, -0.15) is 0 Å². The molecule has 1 fully saturated rings. The van der Waals surface area contributed by atoms with Crippen molar-refractivity contribution in [2.24, 2.45) is 0 Å². The van der Waals surface area contributed by atoms with E-state index in [9.17, 15) is 0 Å². The van der Waals surface area contributed by atoms with Crippen LogP contribution in [0.2, 0.25) is 0 Å². The SMILES string of the molecule is Cc1csc([C@H]2CN(c3ncnc4ccccc34)CCO2)n1. The summed E-state index contributed by atoms with van der Waals surface area (Å²) in [5.74, 6) is 0.979. The lowest BCUT2D eigenvalue weighted by atomic mass is 10.2. The van der Waals surface area contributed by atoms with Crippen LogP contribution in [-0.4, -0.2) is 34.6 Å². The highest BCUT2D eigenvalue weighted by molar-refractivity contribution is 7.09. The molecule has 0 radical (unpaired) electrons. The summed E-state index contributed by atoms with van der Waals surface area (Å²) in [6, 6.07) is 8.11. The quantitative estimate of drug-likeness (QED) is 0.728. The number of hydrogen-bond donors (Lipinski definition) is 0. The third-order valence-corrected chi connectivity index (χ3v) is 4.85. The normalized spacial score (nSPS) is 18.8. The van der Waals surface area contributed by atoms with Crippen molar-refractivity contribution < 1.29 is 4.74 Å². The Balaban J connectivity index is 1.67. The van der Waals surface area contributed by atoms with Gasteiger partial charge in [0.05, 0.1) is 18.7 Å². The monoisotopic (exact) mass is 312 g/mol. The molecule has 0 bridgehead atoms. The molecule has 1 aliphatic heterocycles. The zero-order valence-electron chi connectivity index (χ0n) is 12.3. The van der Waals surface area contributed by atoms with Crippen molar-refractivity contribution in [2.45, 2.75) is 13.0 Å². The number of aromatic nitrogens is 3. The van der Waals surface area contributed by atoms with Crippen LogP contribution in [0.4, 0.5) is 5.82 Å². The fourth-order valence-electron chi connectivity index (χ4n) is 2.75. The molecule has 2 aromatic heterocycles. The van der Waals surface area contributed by atoms with E-state index in [0.29, 0.717) is 6.61 Å². The maximum absolute atomic E-state index is 5.90. The molecule has 22 heavy (non-hydrogen) atoms. The van der Waals surface area contributed by atoms with Gasteiger partial charge in [0, 0.05) is 23.0 Å². The van der Waals surface area contributed by atoms with Gasteiger partial charge in [0.2, 0.25) is 0 Å². The third kappa shape index (κ3) is 2.44. The first-order valence-electron chi connectivity index (χ1n) is 7.29. The topological polar surface area (TPSA) is 51.1 Å². The van der Waals surface area contributed by atoms with E-state index in [1.54, 1.807) is 17.7 Å². The summed E-state index contributed by atoms with van der Waals surface area (Å²) in [5, 5.41) is 4.19. The lowest BCUT2D eigenvalue weighted by molar-refractivity contribution is 0.0394. The average Bonchev–Trinajstić information content (AvgIpc) is 3.01. The van der Waals surface area contributed by atoms with Crippen LogP contribution in [0.1, 0.15) is 16.8 Å². The molecule has 0 amide bonds. The summed E-state index contributed by atoms with van der Waals surface area (Å²) in [5.41, 5.74) is 2.02. The van der Waals surface area contributed by atoms with Crippen LogP contribution < -0.4 is 4.90 Å². The smallest absolute Gasteiger partial charge is 0.140 e. The number of fused-ring (bicyclic) bond motifs is 1. The predicted molar refractivity (Wildman–Crippen MR) is 87.3 cm³/mol. The molecule has 112 valence electrons. The summed E-state index contributed by atoms with van der Waals surface area (Å²) in [7, 11) is 0. The number of rotatable bonds is 2. The summed E-state index contributed by atoms with van der Waals surface area (Å²) in [6.45, 7) is 4.30. The van der Waals surface area contributed by atoms with Crippen LogP contribution in [0, 0.1) is 6.92 Å². The molecule has 0 unspecified atom stereocenters. The Morgan fingerprint density at radius 2 is 2.18 bits per heavy atom. The van der Waals surface area contributed by atoms with Gasteiger partial charge in [-0.15, -0.1) is 11.3 Å². The minimum Gasteiger partial charge on any atom is -0.367 e. The third-order valence-electron chi connectivity index (χ3n) is 3.80. The molecule has 6 heteroatoms. The van der Waals surface area contributed by atoms with Gasteiger partial charge in [0.1, 0.15) is 23.3 Å². The molecule has 1 aliphatic rings. The summed E-state index contributed by atoms with van der Waals surface area (Å²) in [6.07, 6.45) is 1.65. The minimum absolute atomic E-state index is 0.0150. The molecule has 5 nitrogen and oxygen atoms in total. The van der Waals surface area contributed by atoms with Crippen molar-refractivity contribution in [3.8, 4) is 0 Å². The van der Waals surface area contributed by atoms with Crippen LogP contribution in [0.5, 0.6) is 0 Å². The lowest BCUT2D eigenvalue weighted by Gasteiger charge is -2.33. The van der Waals surface area contributed by atoms with Crippen LogP contribution in [0.25, 0.3) is 10.9 Å². The van der Waals surface area contributed by atoms with Gasteiger partial charge in [-0.3, -0.25) is 0 Å². The Kier molecular flexibility index (Phi) is 3.48. The van der Waals surface area contributed by atoms with Gasteiger partial charge in [-0.1, -0.05) is 12.1 Å².